The highest BCUT2D eigenvalue weighted by Gasteiger charge is 1.88. The number of primary amides is 2. The van der Waals surface area contributed by atoms with E-state index in [0.717, 1.165) is 0 Å². The molecule has 0 heterocycles. The normalized spacial score (nSPS) is 8.08. The van der Waals surface area contributed by atoms with E-state index >= 15 is 0 Å². The summed E-state index contributed by atoms with van der Waals surface area (Å²) in [5, 5.41) is 8.84. The van der Waals surface area contributed by atoms with Gasteiger partial charge in [0.25, 0.3) is 0 Å². The fourth-order valence-electron chi connectivity index (χ4n) is 0.464. The van der Waals surface area contributed by atoms with E-state index in [1.165, 1.54) is 0 Å². The minimum atomic E-state index is -0.833. The third-order valence-corrected chi connectivity index (χ3v) is 1.26. The number of nitrogens with two attached hydrogens (primary N) is 2. The maximum absolute atomic E-state index is 9.00. The standard InChI is InChI=1S/C6H6OS.CH4N2O/c7-5-3-1-2-4-6(5)8;2-1(3)4/h1-4,7-8H;(H4,2,3,4). The number of para-hydroxylation sites is 1. The Balaban J connectivity index is 0.000000261. The number of benzene rings is 1. The monoisotopic (exact) mass is 186 g/mol. The van der Waals surface area contributed by atoms with Gasteiger partial charge in [0.15, 0.2) is 0 Å². The van der Waals surface area contributed by atoms with Gasteiger partial charge in [-0.05, 0) is 12.1 Å². The molecule has 0 aliphatic heterocycles. The first-order valence-corrected chi connectivity index (χ1v) is 3.50. The van der Waals surface area contributed by atoms with Gasteiger partial charge in [-0.3, -0.25) is 0 Å². The van der Waals surface area contributed by atoms with Crippen molar-refractivity contribution in [3.63, 3.8) is 0 Å². The Morgan fingerprint density at radius 3 is 2.00 bits per heavy atom. The van der Waals surface area contributed by atoms with Crippen LogP contribution in [0, 0.1) is 0 Å². The SMILES string of the molecule is NC(N)=O.Oc1ccccc1S. The minimum Gasteiger partial charge on any atom is -0.507 e. The number of carbonyl (C=O) groups is 1. The van der Waals surface area contributed by atoms with Crippen LogP contribution in [0.5, 0.6) is 5.75 Å². The van der Waals surface area contributed by atoms with Gasteiger partial charge in [0.1, 0.15) is 5.75 Å². The van der Waals surface area contributed by atoms with Crippen LogP contribution in [-0.2, 0) is 0 Å². The Kier molecular flexibility index (Phi) is 4.71. The lowest BCUT2D eigenvalue weighted by Crippen LogP contribution is -2.18. The zero-order valence-electron chi connectivity index (χ0n) is 6.27. The molecule has 0 aliphatic rings. The van der Waals surface area contributed by atoms with E-state index < -0.39 is 6.03 Å². The van der Waals surface area contributed by atoms with Gasteiger partial charge in [-0.15, -0.1) is 12.6 Å². The molecule has 0 saturated heterocycles. The van der Waals surface area contributed by atoms with Crippen molar-refractivity contribution in [2.75, 3.05) is 0 Å². The number of carbonyl (C=O) groups excluding carboxylic acids is 1. The van der Waals surface area contributed by atoms with Crippen LogP contribution in [0.25, 0.3) is 0 Å². The molecule has 5 N–H and O–H groups in total. The first-order valence-electron chi connectivity index (χ1n) is 3.06. The average Bonchev–Trinajstić information content (AvgIpc) is 1.94. The largest absolute Gasteiger partial charge is 0.507 e. The van der Waals surface area contributed by atoms with Gasteiger partial charge in [0.05, 0.1) is 0 Å². The summed E-state index contributed by atoms with van der Waals surface area (Å²) >= 11 is 3.95. The molecule has 1 aromatic carbocycles. The van der Waals surface area contributed by atoms with Gasteiger partial charge >= 0.3 is 6.03 Å². The van der Waals surface area contributed by atoms with Gasteiger partial charge < -0.3 is 16.6 Å². The second-order valence-electron chi connectivity index (χ2n) is 1.89. The predicted molar refractivity (Wildman–Crippen MR) is 49.1 cm³/mol. The maximum atomic E-state index is 9.00. The third kappa shape index (κ3) is 5.43. The quantitative estimate of drug-likeness (QED) is 0.449. The summed E-state index contributed by atoms with van der Waals surface area (Å²) in [6.07, 6.45) is 0. The smallest absolute Gasteiger partial charge is 0.309 e. The lowest BCUT2D eigenvalue weighted by molar-refractivity contribution is 0.256. The summed E-state index contributed by atoms with van der Waals surface area (Å²) in [5.74, 6) is 0.232. The summed E-state index contributed by atoms with van der Waals surface area (Å²) in [4.78, 5) is 9.62. The van der Waals surface area contributed by atoms with E-state index in [2.05, 4.69) is 24.1 Å². The number of urea groups is 1. The van der Waals surface area contributed by atoms with Crippen LogP contribution in [0.4, 0.5) is 4.79 Å². The number of phenols is 1. The number of aromatic hydroxyl groups is 1. The average molecular weight is 186 g/mol. The van der Waals surface area contributed by atoms with Crippen molar-refractivity contribution >= 4 is 18.7 Å². The van der Waals surface area contributed by atoms with Gasteiger partial charge in [-0.1, -0.05) is 12.1 Å². The molecule has 0 aromatic heterocycles. The fourth-order valence-corrected chi connectivity index (χ4v) is 0.625. The summed E-state index contributed by atoms with van der Waals surface area (Å²) in [6.45, 7) is 0. The van der Waals surface area contributed by atoms with E-state index in [-0.39, 0.29) is 5.75 Å². The molecule has 5 heteroatoms. The molecule has 1 rings (SSSR count). The molecule has 2 amide bonds. The predicted octanol–water partition coefficient (Wildman–Crippen LogP) is 0.705. The number of thiol groups is 1. The summed E-state index contributed by atoms with van der Waals surface area (Å²) in [5.41, 5.74) is 8.50. The molecular weight excluding hydrogens is 176 g/mol. The number of amides is 2. The second-order valence-corrected chi connectivity index (χ2v) is 2.37. The highest BCUT2D eigenvalue weighted by Crippen LogP contribution is 2.18. The van der Waals surface area contributed by atoms with Gasteiger partial charge in [0.2, 0.25) is 0 Å². The van der Waals surface area contributed by atoms with Crippen molar-refractivity contribution in [1.82, 2.24) is 0 Å². The van der Waals surface area contributed by atoms with Crippen LogP contribution in [0.3, 0.4) is 0 Å². The van der Waals surface area contributed by atoms with Crippen molar-refractivity contribution in [2.24, 2.45) is 11.5 Å². The zero-order chi connectivity index (χ0) is 9.56. The van der Waals surface area contributed by atoms with Gasteiger partial charge in [-0.25, -0.2) is 4.79 Å². The molecular formula is C7H10N2O2S. The molecule has 0 radical (unpaired) electrons. The Labute approximate surface area is 75.6 Å². The molecule has 0 bridgehead atoms. The second kappa shape index (κ2) is 5.31. The first kappa shape index (κ1) is 10.6. The number of hydrogen-bond donors (Lipinski definition) is 4. The maximum Gasteiger partial charge on any atom is 0.309 e. The molecule has 0 unspecified atom stereocenters. The van der Waals surface area contributed by atoms with E-state index in [1.807, 2.05) is 6.07 Å². The molecule has 0 fully saturated rings. The van der Waals surface area contributed by atoms with Crippen LogP contribution in [0.2, 0.25) is 0 Å². The minimum absolute atomic E-state index is 0.232. The summed E-state index contributed by atoms with van der Waals surface area (Å²) in [7, 11) is 0. The van der Waals surface area contributed by atoms with Crippen LogP contribution in [0.15, 0.2) is 29.2 Å². The van der Waals surface area contributed by atoms with Crippen molar-refractivity contribution in [2.45, 2.75) is 4.90 Å². The summed E-state index contributed by atoms with van der Waals surface area (Å²) in [6, 6.07) is 6.08. The van der Waals surface area contributed by atoms with E-state index in [1.54, 1.807) is 18.2 Å². The molecule has 1 aromatic rings. The lowest BCUT2D eigenvalue weighted by Gasteiger charge is -1.91. The third-order valence-electron chi connectivity index (χ3n) is 0.882. The highest BCUT2D eigenvalue weighted by molar-refractivity contribution is 7.80. The number of phenolic OH excluding ortho intramolecular Hbond substituents is 1. The van der Waals surface area contributed by atoms with E-state index in [4.69, 9.17) is 9.90 Å². The highest BCUT2D eigenvalue weighted by atomic mass is 32.1. The van der Waals surface area contributed by atoms with Crippen molar-refractivity contribution in [1.29, 1.82) is 0 Å². The summed E-state index contributed by atoms with van der Waals surface area (Å²) < 4.78 is 0. The zero-order valence-corrected chi connectivity index (χ0v) is 7.16. The van der Waals surface area contributed by atoms with Gasteiger partial charge in [-0.2, -0.15) is 0 Å². The Morgan fingerprint density at radius 1 is 1.33 bits per heavy atom. The van der Waals surface area contributed by atoms with E-state index in [0.29, 0.717) is 4.90 Å². The molecule has 0 saturated carbocycles. The van der Waals surface area contributed by atoms with E-state index in [9.17, 15) is 0 Å². The molecule has 12 heavy (non-hydrogen) atoms. The Morgan fingerprint density at radius 2 is 1.75 bits per heavy atom. The molecule has 0 aliphatic carbocycles. The first-order chi connectivity index (χ1) is 5.54. The molecule has 66 valence electrons. The van der Waals surface area contributed by atoms with Crippen molar-refractivity contribution < 1.29 is 9.90 Å². The van der Waals surface area contributed by atoms with Crippen molar-refractivity contribution in [3.8, 4) is 5.75 Å². The number of hydrogen-bond acceptors (Lipinski definition) is 3. The molecule has 4 nitrogen and oxygen atoms in total. The van der Waals surface area contributed by atoms with Gasteiger partial charge in [0, 0.05) is 4.90 Å². The lowest BCUT2D eigenvalue weighted by atomic mass is 10.3. The fraction of sp³-hybridized carbons (Fsp3) is 0. The van der Waals surface area contributed by atoms with Crippen molar-refractivity contribution in [3.05, 3.63) is 24.3 Å². The Hall–Kier alpha value is -1.36. The topological polar surface area (TPSA) is 89.3 Å². The molecule has 0 spiro atoms. The molecule has 0 atom stereocenters. The van der Waals surface area contributed by atoms with Crippen LogP contribution in [-0.4, -0.2) is 11.1 Å². The Bertz CT molecular complexity index is 240. The van der Waals surface area contributed by atoms with Crippen LogP contribution >= 0.6 is 12.6 Å². The van der Waals surface area contributed by atoms with Crippen LogP contribution < -0.4 is 11.5 Å². The van der Waals surface area contributed by atoms with Crippen LogP contribution in [0.1, 0.15) is 0 Å². The number of rotatable bonds is 0.